The summed E-state index contributed by atoms with van der Waals surface area (Å²) in [6.07, 6.45) is 0.0392. The van der Waals surface area contributed by atoms with Crippen molar-refractivity contribution in [3.63, 3.8) is 0 Å². The Balaban J connectivity index is 2.16. The third kappa shape index (κ3) is 5.73. The first-order valence-electron chi connectivity index (χ1n) is 8.04. The molecule has 0 bridgehead atoms. The number of hydrogen-bond donors (Lipinski definition) is 2. The molecule has 0 spiro atoms. The molecule has 26 heavy (non-hydrogen) atoms. The molecular formula is C19H21Cl2N3O2. The fourth-order valence-corrected chi connectivity index (χ4v) is 2.93. The largest absolute Gasteiger partial charge is 0.324 e. The van der Waals surface area contributed by atoms with Gasteiger partial charge < -0.3 is 15.5 Å². The predicted octanol–water partition coefficient (Wildman–Crippen LogP) is 3.98. The molecule has 0 heterocycles. The van der Waals surface area contributed by atoms with Crippen molar-refractivity contribution in [2.24, 2.45) is 0 Å². The zero-order valence-corrected chi connectivity index (χ0v) is 16.4. The second-order valence-electron chi connectivity index (χ2n) is 6.26. The number of carbonyl (C=O) groups excluding carboxylic acids is 2. The maximum atomic E-state index is 12.5. The van der Waals surface area contributed by atoms with Crippen molar-refractivity contribution in [3.05, 3.63) is 57.6 Å². The van der Waals surface area contributed by atoms with E-state index in [1.807, 2.05) is 27.1 Å². The van der Waals surface area contributed by atoms with Crippen molar-refractivity contribution < 1.29 is 9.59 Å². The number of carbonyl (C=O) groups is 2. The highest BCUT2D eigenvalue weighted by molar-refractivity contribution is 6.36. The molecule has 138 valence electrons. The second kappa shape index (κ2) is 9.03. The summed E-state index contributed by atoms with van der Waals surface area (Å²) < 4.78 is 0. The molecule has 0 saturated carbocycles. The number of halogens is 2. The number of hydrogen-bond acceptors (Lipinski definition) is 3. The molecule has 5 nitrogen and oxygen atoms in total. The Morgan fingerprint density at radius 1 is 0.962 bits per heavy atom. The molecule has 7 heteroatoms. The Kier molecular flexibility index (Phi) is 7.03. The molecule has 0 aliphatic rings. The van der Waals surface area contributed by atoms with E-state index in [1.54, 1.807) is 35.2 Å². The van der Waals surface area contributed by atoms with Gasteiger partial charge in [0.1, 0.15) is 0 Å². The number of likely N-dealkylation sites (N-methyl/N-ethyl adjacent to an activating group) is 1. The first kappa shape index (κ1) is 20.2. The third-order valence-electron chi connectivity index (χ3n) is 3.58. The first-order valence-corrected chi connectivity index (χ1v) is 8.80. The minimum atomic E-state index is -0.270. The maximum absolute atomic E-state index is 12.5. The average Bonchev–Trinajstić information content (AvgIpc) is 2.53. The van der Waals surface area contributed by atoms with Crippen LogP contribution in [0.1, 0.15) is 11.1 Å². The summed E-state index contributed by atoms with van der Waals surface area (Å²) in [5.74, 6) is -0.433. The lowest BCUT2D eigenvalue weighted by atomic mass is 10.1. The van der Waals surface area contributed by atoms with Crippen LogP contribution < -0.4 is 10.6 Å². The predicted molar refractivity (Wildman–Crippen MR) is 107 cm³/mol. The summed E-state index contributed by atoms with van der Waals surface area (Å²) in [6.45, 7) is 2.16. The summed E-state index contributed by atoms with van der Waals surface area (Å²) in [7, 11) is 3.62. The first-order chi connectivity index (χ1) is 12.3. The number of anilines is 2. The van der Waals surface area contributed by atoms with Gasteiger partial charge in [-0.25, -0.2) is 0 Å². The van der Waals surface area contributed by atoms with Gasteiger partial charge in [-0.1, -0.05) is 35.3 Å². The Labute approximate surface area is 163 Å². The number of benzene rings is 2. The van der Waals surface area contributed by atoms with E-state index in [4.69, 9.17) is 23.2 Å². The Morgan fingerprint density at radius 3 is 2.19 bits per heavy atom. The van der Waals surface area contributed by atoms with Crippen molar-refractivity contribution in [1.82, 2.24) is 4.90 Å². The van der Waals surface area contributed by atoms with Crippen LogP contribution in [0.5, 0.6) is 0 Å². The third-order valence-corrected chi connectivity index (χ3v) is 4.29. The zero-order chi connectivity index (χ0) is 19.3. The lowest BCUT2D eigenvalue weighted by Crippen LogP contribution is -2.27. The van der Waals surface area contributed by atoms with Gasteiger partial charge in [-0.3, -0.25) is 9.59 Å². The number of nitrogens with one attached hydrogen (secondary N) is 2. The highest BCUT2D eigenvalue weighted by atomic mass is 35.5. The van der Waals surface area contributed by atoms with Crippen LogP contribution in [0.4, 0.5) is 11.4 Å². The molecule has 2 N–H and O–H groups in total. The quantitative estimate of drug-likeness (QED) is 0.779. The van der Waals surface area contributed by atoms with Gasteiger partial charge in [0, 0.05) is 10.0 Å². The van der Waals surface area contributed by atoms with E-state index in [-0.39, 0.29) is 24.8 Å². The van der Waals surface area contributed by atoms with Gasteiger partial charge in [-0.2, -0.15) is 0 Å². The number of aryl methyl sites for hydroxylation is 1. The molecule has 0 unspecified atom stereocenters. The molecule has 0 aliphatic carbocycles. The molecule has 0 radical (unpaired) electrons. The second-order valence-corrected chi connectivity index (χ2v) is 7.07. The van der Waals surface area contributed by atoms with Crippen molar-refractivity contribution in [1.29, 1.82) is 0 Å². The number of rotatable bonds is 6. The molecule has 0 saturated heterocycles. The fraction of sp³-hybridized carbons (Fsp3) is 0.263. The molecule has 2 aromatic rings. The Hall–Kier alpha value is -2.08. The standard InChI is InChI=1S/C19H21Cl2N3O2/c1-12-7-8-16(22-19(26)11-24(2)3)17(9-12)23-18(25)10-13-14(20)5-4-6-15(13)21/h4-9H,10-11H2,1-3H3,(H,22,26)(H,23,25). The van der Waals surface area contributed by atoms with E-state index >= 15 is 0 Å². The highest BCUT2D eigenvalue weighted by Crippen LogP contribution is 2.27. The van der Waals surface area contributed by atoms with E-state index in [2.05, 4.69) is 10.6 Å². The topological polar surface area (TPSA) is 61.4 Å². The summed E-state index contributed by atoms with van der Waals surface area (Å²) >= 11 is 12.2. The number of nitrogens with zero attached hydrogens (tertiary/aromatic N) is 1. The zero-order valence-electron chi connectivity index (χ0n) is 14.9. The minimum absolute atomic E-state index is 0.0392. The monoisotopic (exact) mass is 393 g/mol. The van der Waals surface area contributed by atoms with Crippen molar-refractivity contribution in [2.75, 3.05) is 31.3 Å². The molecule has 2 rings (SSSR count). The van der Waals surface area contributed by atoms with Gasteiger partial charge in [0.2, 0.25) is 11.8 Å². The summed E-state index contributed by atoms with van der Waals surface area (Å²) in [5.41, 5.74) is 2.60. The van der Waals surface area contributed by atoms with E-state index in [1.165, 1.54) is 0 Å². The van der Waals surface area contributed by atoms with E-state index in [0.29, 0.717) is 27.0 Å². The van der Waals surface area contributed by atoms with Crippen LogP contribution in [0.2, 0.25) is 10.0 Å². The average molecular weight is 394 g/mol. The van der Waals surface area contributed by atoms with Crippen LogP contribution in [-0.2, 0) is 16.0 Å². The Bertz CT molecular complexity index is 802. The fourth-order valence-electron chi connectivity index (χ4n) is 2.40. The normalized spacial score (nSPS) is 10.7. The van der Waals surface area contributed by atoms with Crippen LogP contribution in [-0.4, -0.2) is 37.4 Å². The van der Waals surface area contributed by atoms with Crippen LogP contribution in [0.25, 0.3) is 0 Å². The van der Waals surface area contributed by atoms with Crippen LogP contribution in [0, 0.1) is 6.92 Å². The smallest absolute Gasteiger partial charge is 0.238 e. The van der Waals surface area contributed by atoms with E-state index < -0.39 is 0 Å². The van der Waals surface area contributed by atoms with E-state index in [9.17, 15) is 9.59 Å². The Morgan fingerprint density at radius 2 is 1.58 bits per heavy atom. The van der Waals surface area contributed by atoms with Gasteiger partial charge >= 0.3 is 0 Å². The molecule has 0 aliphatic heterocycles. The molecule has 2 amide bonds. The van der Waals surface area contributed by atoms with Gasteiger partial charge in [0.25, 0.3) is 0 Å². The summed E-state index contributed by atoms with van der Waals surface area (Å²) in [5, 5.41) is 6.52. The SMILES string of the molecule is Cc1ccc(NC(=O)CN(C)C)c(NC(=O)Cc2c(Cl)cccc2Cl)c1. The summed E-state index contributed by atoms with van der Waals surface area (Å²) in [6, 6.07) is 10.5. The van der Waals surface area contributed by atoms with Crippen molar-refractivity contribution in [3.8, 4) is 0 Å². The van der Waals surface area contributed by atoms with Gasteiger partial charge in [-0.15, -0.1) is 0 Å². The summed E-state index contributed by atoms with van der Waals surface area (Å²) in [4.78, 5) is 26.3. The van der Waals surface area contributed by atoms with Crippen LogP contribution in [0.15, 0.2) is 36.4 Å². The highest BCUT2D eigenvalue weighted by Gasteiger charge is 2.14. The molecular weight excluding hydrogens is 373 g/mol. The van der Waals surface area contributed by atoms with E-state index in [0.717, 1.165) is 5.56 Å². The van der Waals surface area contributed by atoms with Crippen LogP contribution in [0.3, 0.4) is 0 Å². The maximum Gasteiger partial charge on any atom is 0.238 e. The molecule has 0 aromatic heterocycles. The number of amides is 2. The lowest BCUT2D eigenvalue weighted by molar-refractivity contribution is -0.117. The van der Waals surface area contributed by atoms with Gasteiger partial charge in [-0.05, 0) is 56.4 Å². The van der Waals surface area contributed by atoms with Gasteiger partial charge in [0.05, 0.1) is 24.3 Å². The minimum Gasteiger partial charge on any atom is -0.324 e. The van der Waals surface area contributed by atoms with Crippen molar-refractivity contribution >= 4 is 46.4 Å². The van der Waals surface area contributed by atoms with Crippen LogP contribution >= 0.6 is 23.2 Å². The molecule has 2 aromatic carbocycles. The molecule has 0 atom stereocenters. The van der Waals surface area contributed by atoms with Gasteiger partial charge in [0.15, 0.2) is 0 Å². The molecule has 0 fully saturated rings. The lowest BCUT2D eigenvalue weighted by Gasteiger charge is -2.15. The van der Waals surface area contributed by atoms with Crippen molar-refractivity contribution in [2.45, 2.75) is 13.3 Å².